The van der Waals surface area contributed by atoms with E-state index < -0.39 is 11.5 Å². The second-order valence-electron chi connectivity index (χ2n) is 2.88. The second-order valence-corrected chi connectivity index (χ2v) is 2.88. The molecule has 1 N–H and O–H groups in total. The number of aromatic amines is 1. The Bertz CT molecular complexity index is 562. The van der Waals surface area contributed by atoms with E-state index in [4.69, 9.17) is 0 Å². The van der Waals surface area contributed by atoms with Gasteiger partial charge in [-0.2, -0.15) is 0 Å². The van der Waals surface area contributed by atoms with Gasteiger partial charge in [0.2, 0.25) is 5.56 Å². The van der Waals surface area contributed by atoms with E-state index in [-0.39, 0.29) is 56.9 Å². The predicted molar refractivity (Wildman–Crippen MR) is 48.9 cm³/mol. The number of carboxylic acids is 1. The standard InChI is InChI=1S/C10H7NO3.K/c12-9-5-7(10(13)14)6-3-1-2-4-8(6)11-9;/h1-5H,(H,11,12)(H,13,14);/q;+1/p-1. The topological polar surface area (TPSA) is 73.0 Å². The molecule has 1 aromatic heterocycles. The Morgan fingerprint density at radius 3 is 2.60 bits per heavy atom. The van der Waals surface area contributed by atoms with Gasteiger partial charge in [0.15, 0.2) is 0 Å². The van der Waals surface area contributed by atoms with Gasteiger partial charge in [-0.25, -0.2) is 0 Å². The Balaban J connectivity index is 0.00000112. The van der Waals surface area contributed by atoms with E-state index >= 15 is 0 Å². The third-order valence-electron chi connectivity index (χ3n) is 1.97. The van der Waals surface area contributed by atoms with Crippen LogP contribution in [0.1, 0.15) is 10.4 Å². The summed E-state index contributed by atoms with van der Waals surface area (Å²) < 4.78 is 0. The first-order valence-electron chi connectivity index (χ1n) is 4.02. The van der Waals surface area contributed by atoms with Crippen LogP contribution in [-0.4, -0.2) is 11.0 Å². The maximum absolute atomic E-state index is 11.1. The molecule has 1 heterocycles. The van der Waals surface area contributed by atoms with Crippen molar-refractivity contribution in [1.29, 1.82) is 0 Å². The van der Waals surface area contributed by atoms with Gasteiger partial charge >= 0.3 is 51.4 Å². The first kappa shape index (κ1) is 12.6. The van der Waals surface area contributed by atoms with E-state index in [0.29, 0.717) is 10.9 Å². The number of benzene rings is 1. The molecule has 0 aliphatic heterocycles. The number of fused-ring (bicyclic) bond motifs is 1. The maximum Gasteiger partial charge on any atom is 1.00 e. The molecule has 1 aromatic carbocycles. The average Bonchev–Trinajstić information content (AvgIpc) is 2.16. The predicted octanol–water partition coefficient (Wildman–Crippen LogP) is -3.10. The van der Waals surface area contributed by atoms with Crippen LogP contribution in [0, 0.1) is 0 Å². The van der Waals surface area contributed by atoms with Crippen LogP contribution >= 0.6 is 0 Å². The van der Waals surface area contributed by atoms with Gasteiger partial charge in [0.05, 0.1) is 5.97 Å². The van der Waals surface area contributed by atoms with Crippen LogP contribution in [0.5, 0.6) is 0 Å². The Labute approximate surface area is 128 Å². The van der Waals surface area contributed by atoms with E-state index in [1.165, 1.54) is 0 Å². The second kappa shape index (κ2) is 5.04. The van der Waals surface area contributed by atoms with Crippen LogP contribution in [0.15, 0.2) is 35.1 Å². The van der Waals surface area contributed by atoms with Gasteiger partial charge in [0.1, 0.15) is 0 Å². The molecule has 0 saturated carbocycles. The molecule has 2 rings (SSSR count). The van der Waals surface area contributed by atoms with Crippen molar-refractivity contribution in [3.05, 3.63) is 46.2 Å². The first-order chi connectivity index (χ1) is 6.68. The summed E-state index contributed by atoms with van der Waals surface area (Å²) in [5.74, 6) is -1.34. The van der Waals surface area contributed by atoms with E-state index in [2.05, 4.69) is 4.98 Å². The minimum atomic E-state index is -1.34. The molecule has 0 spiro atoms. The van der Waals surface area contributed by atoms with E-state index in [1.54, 1.807) is 24.3 Å². The summed E-state index contributed by atoms with van der Waals surface area (Å²) in [5.41, 5.74) is -0.0218. The van der Waals surface area contributed by atoms with Crippen molar-refractivity contribution in [3.8, 4) is 0 Å². The molecular formula is C10H6KNO3. The fourth-order valence-corrected chi connectivity index (χ4v) is 1.37. The molecule has 0 saturated heterocycles. The summed E-state index contributed by atoms with van der Waals surface area (Å²) in [5, 5.41) is 11.2. The zero-order valence-corrected chi connectivity index (χ0v) is 11.2. The molecule has 0 fully saturated rings. The number of carbonyl (C=O) groups excluding carboxylic acids is 1. The third kappa shape index (κ3) is 2.56. The van der Waals surface area contributed by atoms with Gasteiger partial charge in [0, 0.05) is 22.5 Å². The van der Waals surface area contributed by atoms with Crippen LogP contribution in [0.25, 0.3) is 10.9 Å². The number of rotatable bonds is 1. The smallest absolute Gasteiger partial charge is 0.545 e. The zero-order chi connectivity index (χ0) is 10.1. The average molecular weight is 227 g/mol. The Hall–Kier alpha value is -0.464. The van der Waals surface area contributed by atoms with Crippen molar-refractivity contribution in [2.75, 3.05) is 0 Å². The van der Waals surface area contributed by atoms with Gasteiger partial charge in [-0.3, -0.25) is 4.79 Å². The molecule has 4 nitrogen and oxygen atoms in total. The van der Waals surface area contributed by atoms with Crippen LogP contribution in [-0.2, 0) is 0 Å². The first-order valence-corrected chi connectivity index (χ1v) is 4.02. The molecule has 0 amide bonds. The van der Waals surface area contributed by atoms with E-state index in [1.807, 2.05) is 0 Å². The molecule has 0 unspecified atom stereocenters. The monoisotopic (exact) mass is 227 g/mol. The SMILES string of the molecule is O=C([O-])c1cc(=O)[nH]c2ccccc12.[K+]. The minimum Gasteiger partial charge on any atom is -0.545 e. The Morgan fingerprint density at radius 1 is 1.27 bits per heavy atom. The molecule has 0 atom stereocenters. The molecule has 0 aliphatic carbocycles. The number of aromatic carboxylic acids is 1. The molecule has 5 heteroatoms. The van der Waals surface area contributed by atoms with Gasteiger partial charge < -0.3 is 14.9 Å². The fourth-order valence-electron chi connectivity index (χ4n) is 1.37. The number of carbonyl (C=O) groups is 1. The van der Waals surface area contributed by atoms with E-state index in [9.17, 15) is 14.7 Å². The van der Waals surface area contributed by atoms with Crippen molar-refractivity contribution in [2.45, 2.75) is 0 Å². The molecular weight excluding hydrogens is 221 g/mol. The van der Waals surface area contributed by atoms with Gasteiger partial charge in [-0.05, 0) is 6.07 Å². The number of para-hydroxylation sites is 1. The van der Waals surface area contributed by atoms with Crippen LogP contribution in [0.4, 0.5) is 0 Å². The van der Waals surface area contributed by atoms with Gasteiger partial charge in [0.25, 0.3) is 0 Å². The van der Waals surface area contributed by atoms with E-state index in [0.717, 1.165) is 6.07 Å². The van der Waals surface area contributed by atoms with Crippen molar-refractivity contribution in [2.24, 2.45) is 0 Å². The zero-order valence-electron chi connectivity index (χ0n) is 8.11. The van der Waals surface area contributed by atoms with Crippen molar-refractivity contribution < 1.29 is 61.3 Å². The summed E-state index contributed by atoms with van der Waals surface area (Å²) in [6.45, 7) is 0. The maximum atomic E-state index is 11.1. The molecule has 0 aliphatic rings. The fraction of sp³-hybridized carbons (Fsp3) is 0. The number of carboxylic acid groups (broad SMARTS) is 1. The summed E-state index contributed by atoms with van der Waals surface area (Å²) in [4.78, 5) is 24.3. The van der Waals surface area contributed by atoms with Crippen molar-refractivity contribution in [1.82, 2.24) is 4.98 Å². The normalized spacial score (nSPS) is 9.60. The minimum absolute atomic E-state index is 0. The largest absolute Gasteiger partial charge is 1.00 e. The van der Waals surface area contributed by atoms with Gasteiger partial charge in [-0.15, -0.1) is 0 Å². The molecule has 2 aromatic rings. The Kier molecular flexibility index (Phi) is 4.24. The van der Waals surface area contributed by atoms with Crippen molar-refractivity contribution in [3.63, 3.8) is 0 Å². The Morgan fingerprint density at radius 2 is 1.93 bits per heavy atom. The third-order valence-corrected chi connectivity index (χ3v) is 1.97. The summed E-state index contributed by atoms with van der Waals surface area (Å²) in [6.07, 6.45) is 0. The van der Waals surface area contributed by atoms with Crippen molar-refractivity contribution >= 4 is 16.9 Å². The van der Waals surface area contributed by atoms with Gasteiger partial charge in [-0.1, -0.05) is 18.2 Å². The summed E-state index contributed by atoms with van der Waals surface area (Å²) >= 11 is 0. The molecule has 0 radical (unpaired) electrons. The molecule has 70 valence electrons. The van der Waals surface area contributed by atoms with Crippen LogP contribution in [0.2, 0.25) is 0 Å². The number of nitrogens with one attached hydrogen (secondary N) is 1. The quantitative estimate of drug-likeness (QED) is 0.524. The van der Waals surface area contributed by atoms with Crippen LogP contribution in [0.3, 0.4) is 0 Å². The summed E-state index contributed by atoms with van der Waals surface area (Å²) in [7, 11) is 0. The number of hydrogen-bond donors (Lipinski definition) is 1. The van der Waals surface area contributed by atoms with Crippen LogP contribution < -0.4 is 62.1 Å². The number of pyridine rings is 1. The summed E-state index contributed by atoms with van der Waals surface area (Å²) in [6, 6.07) is 7.71. The molecule has 15 heavy (non-hydrogen) atoms. The number of H-pyrrole nitrogens is 1. The number of hydrogen-bond acceptors (Lipinski definition) is 3. The molecule has 0 bridgehead atoms. The number of aromatic nitrogens is 1.